The van der Waals surface area contributed by atoms with Crippen LogP contribution in [0.15, 0.2) is 30.3 Å². The summed E-state index contributed by atoms with van der Waals surface area (Å²) in [6.07, 6.45) is 5.04. The van der Waals surface area contributed by atoms with E-state index < -0.39 is 0 Å². The zero-order chi connectivity index (χ0) is 16.6. The lowest BCUT2D eigenvalue weighted by Gasteiger charge is -2.36. The summed E-state index contributed by atoms with van der Waals surface area (Å²) in [4.78, 5) is 17.1. The standard InChI is InChI=1S/C20H30N2O2/c23-20(10-4-8-18-6-2-1-3-7-18)22-11-5-9-19(17-22)16-21-12-14-24-15-13-21/h1-3,6-7,19H,4-5,8-17H2. The van der Waals surface area contributed by atoms with Crippen molar-refractivity contribution in [2.24, 2.45) is 5.92 Å². The molecule has 0 N–H and O–H groups in total. The highest BCUT2D eigenvalue weighted by Gasteiger charge is 2.25. The lowest BCUT2D eigenvalue weighted by Crippen LogP contribution is -2.46. The maximum atomic E-state index is 12.5. The van der Waals surface area contributed by atoms with Crippen molar-refractivity contribution in [3.8, 4) is 0 Å². The number of amides is 1. The number of hydrogen-bond donors (Lipinski definition) is 0. The van der Waals surface area contributed by atoms with Crippen LogP contribution in [0.5, 0.6) is 0 Å². The largest absolute Gasteiger partial charge is 0.379 e. The first-order valence-corrected chi connectivity index (χ1v) is 9.43. The molecule has 0 spiro atoms. The van der Waals surface area contributed by atoms with Gasteiger partial charge in [-0.25, -0.2) is 0 Å². The number of hydrogen-bond acceptors (Lipinski definition) is 3. The Bertz CT molecular complexity index is 500. The summed E-state index contributed by atoms with van der Waals surface area (Å²) in [7, 11) is 0. The monoisotopic (exact) mass is 330 g/mol. The first kappa shape index (κ1) is 17.4. The molecule has 1 aromatic carbocycles. The van der Waals surface area contributed by atoms with E-state index in [4.69, 9.17) is 4.74 Å². The van der Waals surface area contributed by atoms with Crippen molar-refractivity contribution < 1.29 is 9.53 Å². The molecule has 2 heterocycles. The Kier molecular flexibility index (Phi) is 6.67. The minimum atomic E-state index is 0.345. The van der Waals surface area contributed by atoms with Crippen LogP contribution < -0.4 is 0 Å². The van der Waals surface area contributed by atoms with Crippen LogP contribution in [0.2, 0.25) is 0 Å². The minimum Gasteiger partial charge on any atom is -0.379 e. The fourth-order valence-corrected chi connectivity index (χ4v) is 3.84. The fourth-order valence-electron chi connectivity index (χ4n) is 3.84. The van der Waals surface area contributed by atoms with Crippen molar-refractivity contribution in [2.75, 3.05) is 45.9 Å². The molecule has 132 valence electrons. The van der Waals surface area contributed by atoms with E-state index in [9.17, 15) is 4.79 Å². The van der Waals surface area contributed by atoms with E-state index >= 15 is 0 Å². The van der Waals surface area contributed by atoms with E-state index in [1.165, 1.54) is 12.0 Å². The van der Waals surface area contributed by atoms with E-state index in [-0.39, 0.29) is 0 Å². The van der Waals surface area contributed by atoms with E-state index in [0.717, 1.165) is 65.2 Å². The third-order valence-electron chi connectivity index (χ3n) is 5.19. The summed E-state index contributed by atoms with van der Waals surface area (Å²) in [6, 6.07) is 10.5. The summed E-state index contributed by atoms with van der Waals surface area (Å²) in [5, 5.41) is 0. The van der Waals surface area contributed by atoms with Crippen molar-refractivity contribution in [1.82, 2.24) is 9.80 Å². The van der Waals surface area contributed by atoms with Crippen LogP contribution in [0, 0.1) is 5.92 Å². The van der Waals surface area contributed by atoms with Crippen LogP contribution in [-0.2, 0) is 16.0 Å². The Labute approximate surface area is 145 Å². The van der Waals surface area contributed by atoms with E-state index in [1.54, 1.807) is 0 Å². The maximum absolute atomic E-state index is 12.5. The molecule has 3 rings (SSSR count). The Morgan fingerprint density at radius 2 is 1.92 bits per heavy atom. The molecule has 1 atom stereocenters. The zero-order valence-corrected chi connectivity index (χ0v) is 14.7. The van der Waals surface area contributed by atoms with Gasteiger partial charge >= 0.3 is 0 Å². The molecule has 0 bridgehead atoms. The second kappa shape index (κ2) is 9.19. The quantitative estimate of drug-likeness (QED) is 0.804. The number of nitrogens with zero attached hydrogens (tertiary/aromatic N) is 2. The number of carbonyl (C=O) groups is 1. The number of aryl methyl sites for hydroxylation is 1. The summed E-state index contributed by atoms with van der Waals surface area (Å²) in [5.41, 5.74) is 1.33. The molecule has 2 aliphatic heterocycles. The molecule has 4 nitrogen and oxygen atoms in total. The van der Waals surface area contributed by atoms with E-state index in [2.05, 4.69) is 34.1 Å². The highest BCUT2D eigenvalue weighted by molar-refractivity contribution is 5.76. The second-order valence-electron chi connectivity index (χ2n) is 7.10. The molecule has 24 heavy (non-hydrogen) atoms. The molecule has 4 heteroatoms. The lowest BCUT2D eigenvalue weighted by atomic mass is 9.96. The highest BCUT2D eigenvalue weighted by Crippen LogP contribution is 2.19. The third kappa shape index (κ3) is 5.32. The SMILES string of the molecule is O=C(CCCc1ccccc1)N1CCCC(CN2CCOCC2)C1. The Morgan fingerprint density at radius 3 is 2.71 bits per heavy atom. The van der Waals surface area contributed by atoms with Crippen LogP contribution >= 0.6 is 0 Å². The molecule has 1 unspecified atom stereocenters. The van der Waals surface area contributed by atoms with Gasteiger partial charge in [0, 0.05) is 39.1 Å². The molecule has 0 saturated carbocycles. The zero-order valence-electron chi connectivity index (χ0n) is 14.7. The predicted octanol–water partition coefficient (Wildman–Crippen LogP) is 2.58. The van der Waals surface area contributed by atoms with E-state index in [1.807, 2.05) is 6.07 Å². The minimum absolute atomic E-state index is 0.345. The van der Waals surface area contributed by atoms with Gasteiger partial charge in [0.1, 0.15) is 0 Å². The van der Waals surface area contributed by atoms with Gasteiger partial charge in [-0.3, -0.25) is 9.69 Å². The third-order valence-corrected chi connectivity index (χ3v) is 5.19. The number of ether oxygens (including phenoxy) is 1. The smallest absolute Gasteiger partial charge is 0.222 e. The normalized spacial score (nSPS) is 22.5. The van der Waals surface area contributed by atoms with Gasteiger partial charge in [0.05, 0.1) is 13.2 Å². The Balaban J connectivity index is 1.39. The van der Waals surface area contributed by atoms with Crippen molar-refractivity contribution in [1.29, 1.82) is 0 Å². The van der Waals surface area contributed by atoms with Gasteiger partial charge in [0.15, 0.2) is 0 Å². The second-order valence-corrected chi connectivity index (χ2v) is 7.10. The van der Waals surface area contributed by atoms with Gasteiger partial charge in [-0.2, -0.15) is 0 Å². The van der Waals surface area contributed by atoms with E-state index in [0.29, 0.717) is 18.2 Å². The number of benzene rings is 1. The van der Waals surface area contributed by atoms with Gasteiger partial charge in [-0.1, -0.05) is 30.3 Å². The average Bonchev–Trinajstić information content (AvgIpc) is 2.64. The van der Waals surface area contributed by atoms with Gasteiger partial charge < -0.3 is 9.64 Å². The number of morpholine rings is 1. The summed E-state index contributed by atoms with van der Waals surface area (Å²) >= 11 is 0. The number of carbonyl (C=O) groups excluding carboxylic acids is 1. The molecule has 0 radical (unpaired) electrons. The average molecular weight is 330 g/mol. The fraction of sp³-hybridized carbons (Fsp3) is 0.650. The molecular weight excluding hydrogens is 300 g/mol. The number of piperidine rings is 1. The van der Waals surface area contributed by atoms with Crippen molar-refractivity contribution in [3.63, 3.8) is 0 Å². The molecule has 2 aliphatic rings. The van der Waals surface area contributed by atoms with Crippen LogP contribution in [0.25, 0.3) is 0 Å². The Morgan fingerprint density at radius 1 is 1.12 bits per heavy atom. The van der Waals surface area contributed by atoms with Crippen molar-refractivity contribution in [2.45, 2.75) is 32.1 Å². The molecule has 1 amide bonds. The molecule has 0 aromatic heterocycles. The molecule has 0 aliphatic carbocycles. The van der Waals surface area contributed by atoms with Gasteiger partial charge in [-0.05, 0) is 37.2 Å². The summed E-state index contributed by atoms with van der Waals surface area (Å²) < 4.78 is 5.42. The lowest BCUT2D eigenvalue weighted by molar-refractivity contribution is -0.133. The van der Waals surface area contributed by atoms with Crippen LogP contribution in [0.3, 0.4) is 0 Å². The highest BCUT2D eigenvalue weighted by atomic mass is 16.5. The number of rotatable bonds is 6. The summed E-state index contributed by atoms with van der Waals surface area (Å²) in [6.45, 7) is 6.81. The van der Waals surface area contributed by atoms with Crippen molar-refractivity contribution in [3.05, 3.63) is 35.9 Å². The van der Waals surface area contributed by atoms with Crippen LogP contribution in [0.1, 0.15) is 31.2 Å². The Hall–Kier alpha value is -1.39. The first-order valence-electron chi connectivity index (χ1n) is 9.43. The van der Waals surface area contributed by atoms with Crippen molar-refractivity contribution >= 4 is 5.91 Å². The first-order chi connectivity index (χ1) is 11.8. The van der Waals surface area contributed by atoms with Gasteiger partial charge in [0.2, 0.25) is 5.91 Å². The van der Waals surface area contributed by atoms with Crippen LogP contribution in [0.4, 0.5) is 0 Å². The maximum Gasteiger partial charge on any atom is 0.222 e. The van der Waals surface area contributed by atoms with Gasteiger partial charge in [-0.15, -0.1) is 0 Å². The van der Waals surface area contributed by atoms with Gasteiger partial charge in [0.25, 0.3) is 0 Å². The molecule has 2 fully saturated rings. The molecular formula is C20H30N2O2. The van der Waals surface area contributed by atoms with Crippen LogP contribution in [-0.4, -0.2) is 61.6 Å². The number of likely N-dealkylation sites (tertiary alicyclic amines) is 1. The predicted molar refractivity (Wildman–Crippen MR) is 95.9 cm³/mol. The topological polar surface area (TPSA) is 32.8 Å². The molecule has 2 saturated heterocycles. The summed E-state index contributed by atoms with van der Waals surface area (Å²) in [5.74, 6) is 0.979. The molecule has 1 aromatic rings.